The average molecular weight is 298 g/mol. The van der Waals surface area contributed by atoms with Crippen LogP contribution in [-0.2, 0) is 4.79 Å². The Morgan fingerprint density at radius 2 is 1.57 bits per heavy atom. The lowest BCUT2D eigenvalue weighted by atomic mass is 10.1. The van der Waals surface area contributed by atoms with Crippen molar-refractivity contribution in [1.82, 2.24) is 20.0 Å². The van der Waals surface area contributed by atoms with E-state index in [0.29, 0.717) is 18.4 Å². The molecule has 5 nitrogen and oxygen atoms in total. The standard InChI is InChI=1S/C16H34N4O/c1-18(2)10-6-12-20(13-7-11-19(3)4)16(21)14-15-8-5-9-17-15/h15,17H,5-14H2,1-4H3. The van der Waals surface area contributed by atoms with Crippen molar-refractivity contribution in [3.63, 3.8) is 0 Å². The largest absolute Gasteiger partial charge is 0.343 e. The Hall–Kier alpha value is -0.650. The molecule has 124 valence electrons. The summed E-state index contributed by atoms with van der Waals surface area (Å²) in [5.74, 6) is 0.326. The van der Waals surface area contributed by atoms with E-state index in [4.69, 9.17) is 0 Å². The number of carbonyl (C=O) groups excluding carboxylic acids is 1. The van der Waals surface area contributed by atoms with Crippen molar-refractivity contribution in [2.45, 2.75) is 38.1 Å². The van der Waals surface area contributed by atoms with Crippen molar-refractivity contribution in [3.05, 3.63) is 0 Å². The maximum Gasteiger partial charge on any atom is 0.224 e. The highest BCUT2D eigenvalue weighted by atomic mass is 16.2. The van der Waals surface area contributed by atoms with Crippen molar-refractivity contribution >= 4 is 5.91 Å². The SMILES string of the molecule is CN(C)CCCN(CCCN(C)C)C(=O)CC1CCCN1. The molecule has 1 rings (SSSR count). The first kappa shape index (κ1) is 18.4. The molecule has 0 bridgehead atoms. The molecule has 0 saturated carbocycles. The Labute approximate surface area is 130 Å². The number of carbonyl (C=O) groups is 1. The Morgan fingerprint density at radius 3 is 2.00 bits per heavy atom. The lowest BCUT2D eigenvalue weighted by Crippen LogP contribution is -2.38. The van der Waals surface area contributed by atoms with Crippen LogP contribution in [-0.4, -0.2) is 87.6 Å². The van der Waals surface area contributed by atoms with Crippen LogP contribution in [0.3, 0.4) is 0 Å². The summed E-state index contributed by atoms with van der Waals surface area (Å²) in [6.45, 7) is 4.92. The first-order valence-electron chi connectivity index (χ1n) is 8.29. The minimum Gasteiger partial charge on any atom is -0.343 e. The van der Waals surface area contributed by atoms with Gasteiger partial charge in [-0.15, -0.1) is 0 Å². The van der Waals surface area contributed by atoms with E-state index in [1.54, 1.807) is 0 Å². The maximum atomic E-state index is 12.5. The van der Waals surface area contributed by atoms with Gasteiger partial charge in [-0.2, -0.15) is 0 Å². The van der Waals surface area contributed by atoms with Gasteiger partial charge in [-0.1, -0.05) is 0 Å². The molecular formula is C16H34N4O. The molecule has 0 aromatic heterocycles. The van der Waals surface area contributed by atoms with Gasteiger partial charge in [0.05, 0.1) is 0 Å². The van der Waals surface area contributed by atoms with Crippen LogP contribution >= 0.6 is 0 Å². The molecule has 1 atom stereocenters. The Balaban J connectivity index is 2.38. The summed E-state index contributed by atoms with van der Waals surface area (Å²) in [6, 6.07) is 0.405. The predicted octanol–water partition coefficient (Wildman–Crippen LogP) is 0.861. The van der Waals surface area contributed by atoms with E-state index in [9.17, 15) is 4.79 Å². The third-order valence-corrected chi connectivity index (χ3v) is 4.00. The van der Waals surface area contributed by atoms with Gasteiger partial charge in [0.2, 0.25) is 5.91 Å². The normalized spacial score (nSPS) is 18.7. The van der Waals surface area contributed by atoms with E-state index in [-0.39, 0.29) is 0 Å². The second-order valence-corrected chi connectivity index (χ2v) is 6.69. The number of rotatable bonds is 10. The van der Waals surface area contributed by atoms with Crippen molar-refractivity contribution in [2.24, 2.45) is 0 Å². The summed E-state index contributed by atoms with van der Waals surface area (Å²) in [7, 11) is 8.34. The molecule has 1 aliphatic heterocycles. The van der Waals surface area contributed by atoms with Crippen molar-refractivity contribution in [1.29, 1.82) is 0 Å². The molecule has 1 amide bonds. The van der Waals surface area contributed by atoms with Gasteiger partial charge in [0.25, 0.3) is 0 Å². The topological polar surface area (TPSA) is 38.8 Å². The first-order valence-corrected chi connectivity index (χ1v) is 8.29. The van der Waals surface area contributed by atoms with Crippen LogP contribution in [0.5, 0.6) is 0 Å². The lowest BCUT2D eigenvalue weighted by Gasteiger charge is -2.25. The average Bonchev–Trinajstić information content (AvgIpc) is 2.89. The molecule has 0 spiro atoms. The first-order chi connectivity index (χ1) is 9.99. The van der Waals surface area contributed by atoms with Crippen molar-refractivity contribution < 1.29 is 4.79 Å². The van der Waals surface area contributed by atoms with Gasteiger partial charge >= 0.3 is 0 Å². The fourth-order valence-electron chi connectivity index (χ4n) is 2.79. The molecule has 1 aliphatic rings. The Morgan fingerprint density at radius 1 is 1.00 bits per heavy atom. The van der Waals surface area contributed by atoms with E-state index in [1.807, 2.05) is 0 Å². The van der Waals surface area contributed by atoms with Crippen LogP contribution in [0.1, 0.15) is 32.1 Å². The minimum absolute atomic E-state index is 0.326. The quantitative estimate of drug-likeness (QED) is 0.649. The van der Waals surface area contributed by atoms with Gasteiger partial charge < -0.3 is 20.0 Å². The number of nitrogens with zero attached hydrogens (tertiary/aromatic N) is 3. The lowest BCUT2D eigenvalue weighted by molar-refractivity contribution is -0.131. The zero-order valence-electron chi connectivity index (χ0n) is 14.4. The number of amides is 1. The summed E-state index contributed by atoms with van der Waals surface area (Å²) in [5, 5.41) is 3.43. The van der Waals surface area contributed by atoms with Crippen LogP contribution in [0.2, 0.25) is 0 Å². The van der Waals surface area contributed by atoms with Gasteiger partial charge in [-0.05, 0) is 73.5 Å². The molecule has 0 aromatic carbocycles. The molecule has 0 aliphatic carbocycles. The molecule has 1 unspecified atom stereocenters. The van der Waals surface area contributed by atoms with Gasteiger partial charge in [-0.25, -0.2) is 0 Å². The van der Waals surface area contributed by atoms with Gasteiger partial charge in [0, 0.05) is 25.6 Å². The fraction of sp³-hybridized carbons (Fsp3) is 0.938. The highest BCUT2D eigenvalue weighted by molar-refractivity contribution is 5.76. The second-order valence-electron chi connectivity index (χ2n) is 6.69. The van der Waals surface area contributed by atoms with Crippen molar-refractivity contribution in [3.8, 4) is 0 Å². The molecule has 0 aromatic rings. The van der Waals surface area contributed by atoms with Crippen LogP contribution in [0, 0.1) is 0 Å². The molecule has 1 fully saturated rings. The Kier molecular flexibility index (Phi) is 8.88. The predicted molar refractivity (Wildman–Crippen MR) is 88.6 cm³/mol. The number of hydrogen-bond acceptors (Lipinski definition) is 4. The van der Waals surface area contributed by atoms with E-state index < -0.39 is 0 Å². The third kappa shape index (κ3) is 8.39. The number of hydrogen-bond donors (Lipinski definition) is 1. The fourth-order valence-corrected chi connectivity index (χ4v) is 2.79. The highest BCUT2D eigenvalue weighted by Crippen LogP contribution is 2.11. The smallest absolute Gasteiger partial charge is 0.224 e. The molecular weight excluding hydrogens is 264 g/mol. The minimum atomic E-state index is 0.326. The summed E-state index contributed by atoms with van der Waals surface area (Å²) in [6.07, 6.45) is 5.13. The maximum absolute atomic E-state index is 12.5. The monoisotopic (exact) mass is 298 g/mol. The van der Waals surface area contributed by atoms with E-state index >= 15 is 0 Å². The van der Waals surface area contributed by atoms with Gasteiger partial charge in [-0.3, -0.25) is 4.79 Å². The number of nitrogens with one attached hydrogen (secondary N) is 1. The van der Waals surface area contributed by atoms with Crippen LogP contribution in [0.15, 0.2) is 0 Å². The highest BCUT2D eigenvalue weighted by Gasteiger charge is 2.21. The third-order valence-electron chi connectivity index (χ3n) is 4.00. The van der Waals surface area contributed by atoms with Crippen LogP contribution in [0.25, 0.3) is 0 Å². The molecule has 5 heteroatoms. The van der Waals surface area contributed by atoms with E-state index in [0.717, 1.165) is 52.0 Å². The molecule has 0 radical (unpaired) electrons. The zero-order chi connectivity index (χ0) is 15.7. The molecule has 1 heterocycles. The summed E-state index contributed by atoms with van der Waals surface area (Å²) in [4.78, 5) is 18.9. The zero-order valence-corrected chi connectivity index (χ0v) is 14.4. The second kappa shape index (κ2) is 10.1. The van der Waals surface area contributed by atoms with Gasteiger partial charge in [0.1, 0.15) is 0 Å². The summed E-state index contributed by atoms with van der Waals surface area (Å²) < 4.78 is 0. The summed E-state index contributed by atoms with van der Waals surface area (Å²) >= 11 is 0. The van der Waals surface area contributed by atoms with Gasteiger partial charge in [0.15, 0.2) is 0 Å². The van der Waals surface area contributed by atoms with Crippen LogP contribution in [0.4, 0.5) is 0 Å². The Bertz CT molecular complexity index is 274. The van der Waals surface area contributed by atoms with Crippen molar-refractivity contribution in [2.75, 3.05) is 60.9 Å². The van der Waals surface area contributed by atoms with E-state index in [2.05, 4.69) is 48.2 Å². The summed E-state index contributed by atoms with van der Waals surface area (Å²) in [5.41, 5.74) is 0. The molecule has 1 saturated heterocycles. The molecule has 21 heavy (non-hydrogen) atoms. The van der Waals surface area contributed by atoms with Crippen LogP contribution < -0.4 is 5.32 Å². The molecule has 1 N–H and O–H groups in total. The van der Waals surface area contributed by atoms with E-state index in [1.165, 1.54) is 6.42 Å².